The highest BCUT2D eigenvalue weighted by Gasteiger charge is 2.42. The van der Waals surface area contributed by atoms with Crippen molar-refractivity contribution in [3.05, 3.63) is 65.7 Å². The van der Waals surface area contributed by atoms with Crippen LogP contribution < -0.4 is 4.90 Å². The molecule has 152 valence electrons. The number of alkyl halides is 3. The molecule has 0 radical (unpaired) electrons. The van der Waals surface area contributed by atoms with Crippen molar-refractivity contribution in [1.29, 1.82) is 5.26 Å². The van der Waals surface area contributed by atoms with Gasteiger partial charge in [-0.2, -0.15) is 18.4 Å². The molecule has 0 atom stereocenters. The van der Waals surface area contributed by atoms with E-state index < -0.39 is 38.6 Å². The summed E-state index contributed by atoms with van der Waals surface area (Å²) in [5.41, 5.74) is -4.99. The van der Waals surface area contributed by atoms with Gasteiger partial charge in [-0.1, -0.05) is 23.2 Å². The second-order valence-corrected chi connectivity index (χ2v) is 6.33. The number of benzene rings is 2. The fourth-order valence-electron chi connectivity index (χ4n) is 2.66. The van der Waals surface area contributed by atoms with Gasteiger partial charge in [0.2, 0.25) is 0 Å². The standard InChI is InChI=1S/C16H9Cl2F3N4O4/c1-2-23(15-11(17)3-8(7-22)4-12(15)18)14-10(16(19,20)21)5-9(24(26)27)6-13(14)25(28)29/h3-6H,2H2,1H3. The molecule has 0 aliphatic carbocycles. The lowest BCUT2D eigenvalue weighted by molar-refractivity contribution is -0.394. The predicted octanol–water partition coefficient (Wildman–Crippen LogP) is 5.86. The molecule has 29 heavy (non-hydrogen) atoms. The Bertz CT molecular complexity index is 1030. The van der Waals surface area contributed by atoms with Gasteiger partial charge in [0.1, 0.15) is 5.69 Å². The Hall–Kier alpha value is -3.10. The Morgan fingerprint density at radius 2 is 1.62 bits per heavy atom. The first-order chi connectivity index (χ1) is 13.4. The largest absolute Gasteiger partial charge is 0.418 e. The fourth-order valence-corrected chi connectivity index (χ4v) is 3.36. The van der Waals surface area contributed by atoms with Crippen molar-refractivity contribution in [3.63, 3.8) is 0 Å². The first-order valence-electron chi connectivity index (χ1n) is 7.63. The Balaban J connectivity index is 2.96. The number of nitro benzene ring substituents is 2. The van der Waals surface area contributed by atoms with Crippen molar-refractivity contribution in [1.82, 2.24) is 0 Å². The van der Waals surface area contributed by atoms with Crippen LogP contribution in [-0.2, 0) is 6.18 Å². The van der Waals surface area contributed by atoms with E-state index in [1.807, 2.05) is 0 Å². The molecule has 0 fully saturated rings. The van der Waals surface area contributed by atoms with Crippen molar-refractivity contribution in [2.75, 3.05) is 11.4 Å². The van der Waals surface area contributed by atoms with E-state index in [1.165, 1.54) is 6.92 Å². The zero-order valence-electron chi connectivity index (χ0n) is 14.3. The van der Waals surface area contributed by atoms with Crippen LogP contribution in [-0.4, -0.2) is 16.4 Å². The summed E-state index contributed by atoms with van der Waals surface area (Å²) >= 11 is 12.2. The molecule has 0 amide bonds. The lowest BCUT2D eigenvalue weighted by Gasteiger charge is -2.27. The SMILES string of the molecule is CCN(c1c(Cl)cc(C#N)cc1Cl)c1c([N+](=O)[O-])cc([N+](=O)[O-])cc1C(F)(F)F. The van der Waals surface area contributed by atoms with E-state index >= 15 is 0 Å². The molecule has 0 aliphatic rings. The first kappa shape index (κ1) is 22.2. The van der Waals surface area contributed by atoms with E-state index in [-0.39, 0.29) is 33.9 Å². The Labute approximate surface area is 171 Å². The number of hydrogen-bond acceptors (Lipinski definition) is 6. The molecule has 0 heterocycles. The van der Waals surface area contributed by atoms with E-state index in [1.54, 1.807) is 6.07 Å². The molecule has 0 bridgehead atoms. The predicted molar refractivity (Wildman–Crippen MR) is 98.6 cm³/mol. The van der Waals surface area contributed by atoms with Crippen LogP contribution in [0.3, 0.4) is 0 Å². The van der Waals surface area contributed by atoms with Gasteiger partial charge in [-0.05, 0) is 19.1 Å². The van der Waals surface area contributed by atoms with Crippen molar-refractivity contribution in [3.8, 4) is 6.07 Å². The molecule has 13 heteroatoms. The maximum Gasteiger partial charge on any atom is 0.418 e. The summed E-state index contributed by atoms with van der Waals surface area (Å²) in [7, 11) is 0. The van der Waals surface area contributed by atoms with Crippen LogP contribution in [0.4, 0.5) is 35.9 Å². The van der Waals surface area contributed by atoms with Crippen LogP contribution in [0, 0.1) is 31.6 Å². The minimum absolute atomic E-state index is 0.0223. The smallest absolute Gasteiger partial charge is 0.333 e. The number of anilines is 2. The lowest BCUT2D eigenvalue weighted by atomic mass is 10.1. The van der Waals surface area contributed by atoms with Crippen LogP contribution in [0.2, 0.25) is 10.0 Å². The van der Waals surface area contributed by atoms with Crippen LogP contribution >= 0.6 is 23.2 Å². The summed E-state index contributed by atoms with van der Waals surface area (Å²) in [5.74, 6) is 0. The number of non-ortho nitro benzene ring substituents is 1. The van der Waals surface area contributed by atoms with Crippen molar-refractivity contribution in [2.24, 2.45) is 0 Å². The molecule has 0 unspecified atom stereocenters. The van der Waals surface area contributed by atoms with Gasteiger partial charge in [0.15, 0.2) is 0 Å². The lowest BCUT2D eigenvalue weighted by Crippen LogP contribution is -2.23. The topological polar surface area (TPSA) is 113 Å². The van der Waals surface area contributed by atoms with Gasteiger partial charge in [-0.25, -0.2) is 0 Å². The number of nitro groups is 2. The maximum atomic E-state index is 13.7. The van der Waals surface area contributed by atoms with Crippen molar-refractivity contribution < 1.29 is 23.0 Å². The molecule has 2 aromatic carbocycles. The molecule has 0 N–H and O–H groups in total. The van der Waals surface area contributed by atoms with E-state index in [0.717, 1.165) is 17.0 Å². The maximum absolute atomic E-state index is 13.7. The molecule has 0 aliphatic heterocycles. The number of rotatable bonds is 5. The van der Waals surface area contributed by atoms with Gasteiger partial charge < -0.3 is 4.90 Å². The summed E-state index contributed by atoms with van der Waals surface area (Å²) in [6.07, 6.45) is -5.16. The highest BCUT2D eigenvalue weighted by atomic mass is 35.5. The third-order valence-electron chi connectivity index (χ3n) is 3.79. The molecular weight excluding hydrogens is 440 g/mol. The summed E-state index contributed by atoms with van der Waals surface area (Å²) in [5, 5.41) is 31.0. The second-order valence-electron chi connectivity index (χ2n) is 5.52. The third-order valence-corrected chi connectivity index (χ3v) is 4.37. The van der Waals surface area contributed by atoms with Gasteiger partial charge in [-0.15, -0.1) is 0 Å². The molecule has 8 nitrogen and oxygen atoms in total. The minimum Gasteiger partial charge on any atom is -0.333 e. The summed E-state index contributed by atoms with van der Waals surface area (Å²) in [6.45, 7) is 1.13. The molecular formula is C16H9Cl2F3N4O4. The van der Waals surface area contributed by atoms with Gasteiger partial charge >= 0.3 is 6.18 Å². The van der Waals surface area contributed by atoms with Gasteiger partial charge in [0.05, 0.1) is 48.8 Å². The van der Waals surface area contributed by atoms with E-state index in [0.29, 0.717) is 6.07 Å². The number of hydrogen-bond donors (Lipinski definition) is 0. The normalized spacial score (nSPS) is 11.1. The average molecular weight is 449 g/mol. The second kappa shape index (κ2) is 8.10. The zero-order valence-corrected chi connectivity index (χ0v) is 15.8. The van der Waals surface area contributed by atoms with Crippen molar-refractivity contribution >= 4 is 46.0 Å². The number of halogens is 5. The van der Waals surface area contributed by atoms with Crippen LogP contribution in [0.25, 0.3) is 0 Å². The average Bonchev–Trinajstić information content (AvgIpc) is 2.62. The monoisotopic (exact) mass is 448 g/mol. The first-order valence-corrected chi connectivity index (χ1v) is 8.38. The molecule has 2 rings (SSSR count). The molecule has 0 saturated heterocycles. The number of nitriles is 1. The van der Waals surface area contributed by atoms with Crippen LogP contribution in [0.15, 0.2) is 24.3 Å². The quantitative estimate of drug-likeness (QED) is 0.418. The van der Waals surface area contributed by atoms with Crippen LogP contribution in [0.1, 0.15) is 18.1 Å². The summed E-state index contributed by atoms with van der Waals surface area (Å²) < 4.78 is 41.1. The summed E-state index contributed by atoms with van der Waals surface area (Å²) in [6, 6.07) is 4.67. The van der Waals surface area contributed by atoms with E-state index in [9.17, 15) is 33.4 Å². The molecule has 0 aromatic heterocycles. The van der Waals surface area contributed by atoms with Gasteiger partial charge in [0.25, 0.3) is 11.4 Å². The molecule has 0 spiro atoms. The minimum atomic E-state index is -5.16. The van der Waals surface area contributed by atoms with E-state index in [4.69, 9.17) is 28.5 Å². The summed E-state index contributed by atoms with van der Waals surface area (Å²) in [4.78, 5) is 21.0. The molecule has 0 saturated carbocycles. The Morgan fingerprint density at radius 3 is 2.00 bits per heavy atom. The number of nitrogens with zero attached hydrogens (tertiary/aromatic N) is 4. The highest BCUT2D eigenvalue weighted by molar-refractivity contribution is 6.39. The zero-order chi connectivity index (χ0) is 22.1. The van der Waals surface area contributed by atoms with Gasteiger partial charge in [0, 0.05) is 12.6 Å². The fraction of sp³-hybridized carbons (Fsp3) is 0.188. The third kappa shape index (κ3) is 4.33. The van der Waals surface area contributed by atoms with E-state index in [2.05, 4.69) is 0 Å². The van der Waals surface area contributed by atoms with Crippen molar-refractivity contribution in [2.45, 2.75) is 13.1 Å². The van der Waals surface area contributed by atoms with Gasteiger partial charge in [-0.3, -0.25) is 20.2 Å². The highest BCUT2D eigenvalue weighted by Crippen LogP contribution is 2.49. The van der Waals surface area contributed by atoms with Crippen LogP contribution in [0.5, 0.6) is 0 Å². The Kier molecular flexibility index (Phi) is 6.20. The Morgan fingerprint density at radius 1 is 1.07 bits per heavy atom. The molecule has 2 aromatic rings.